The van der Waals surface area contributed by atoms with Crippen LogP contribution in [0.15, 0.2) is 83.8 Å². The monoisotopic (exact) mass is 507 g/mol. The second-order valence-electron chi connectivity index (χ2n) is 10.7. The van der Waals surface area contributed by atoms with Crippen molar-refractivity contribution in [3.63, 3.8) is 0 Å². The molecule has 5 rings (SSSR count). The number of benzene rings is 3. The van der Waals surface area contributed by atoms with Crippen molar-refractivity contribution in [2.24, 2.45) is 7.05 Å². The summed E-state index contributed by atoms with van der Waals surface area (Å²) in [4.78, 5) is 34.6. The molecule has 0 saturated carbocycles. The molecule has 1 aromatic heterocycles. The van der Waals surface area contributed by atoms with E-state index in [-0.39, 0.29) is 22.8 Å². The lowest BCUT2D eigenvalue weighted by Gasteiger charge is -2.23. The zero-order chi connectivity index (χ0) is 27.0. The lowest BCUT2D eigenvalue weighted by molar-refractivity contribution is 0.256. The number of aryl methyl sites for hydroxylation is 1. The Bertz CT molecular complexity index is 1540. The number of hydrogen-bond donors (Lipinski definition) is 1. The quantitative estimate of drug-likeness (QED) is 0.347. The number of nitrogens with one attached hydrogen (secondary N) is 1. The topological polar surface area (TPSA) is 70.5 Å². The highest BCUT2D eigenvalue weighted by Gasteiger charge is 2.32. The summed E-state index contributed by atoms with van der Waals surface area (Å²) in [7, 11) is 1.72. The molecule has 2 amide bonds. The van der Waals surface area contributed by atoms with Crippen LogP contribution in [0.5, 0.6) is 0 Å². The molecule has 7 nitrogen and oxygen atoms in total. The van der Waals surface area contributed by atoms with E-state index in [2.05, 4.69) is 43.2 Å². The minimum Gasteiger partial charge on any atom is -0.336 e. The summed E-state index contributed by atoms with van der Waals surface area (Å²) in [5, 5.41) is 3.14. The van der Waals surface area contributed by atoms with Gasteiger partial charge in [-0.25, -0.2) is 9.78 Å². The van der Waals surface area contributed by atoms with Gasteiger partial charge in [-0.05, 0) is 53.8 Å². The van der Waals surface area contributed by atoms with Crippen LogP contribution in [0.3, 0.4) is 0 Å². The minimum absolute atomic E-state index is 0.0476. The van der Waals surface area contributed by atoms with Crippen LogP contribution in [-0.4, -0.2) is 28.7 Å². The lowest BCUT2D eigenvalue weighted by atomic mass is 9.87. The average molecular weight is 508 g/mol. The number of para-hydroxylation sites is 1. The maximum Gasteiger partial charge on any atom is 0.329 e. The number of anilines is 4. The first-order chi connectivity index (χ1) is 18.1. The van der Waals surface area contributed by atoms with E-state index in [1.807, 2.05) is 77.4 Å². The summed E-state index contributed by atoms with van der Waals surface area (Å²) in [5.74, 6) is 0.253. The first kappa shape index (κ1) is 25.3. The molecule has 194 valence electrons. The Balaban J connectivity index is 1.45. The lowest BCUT2D eigenvalue weighted by Crippen LogP contribution is -2.32. The zero-order valence-corrected chi connectivity index (χ0v) is 22.5. The second kappa shape index (κ2) is 9.82. The summed E-state index contributed by atoms with van der Waals surface area (Å²) >= 11 is 0. The average Bonchev–Trinajstić information content (AvgIpc) is 3.28. The van der Waals surface area contributed by atoms with Gasteiger partial charge in [0.05, 0.1) is 5.69 Å². The molecule has 0 radical (unpaired) electrons. The van der Waals surface area contributed by atoms with E-state index in [0.29, 0.717) is 18.8 Å². The highest BCUT2D eigenvalue weighted by atomic mass is 16.2. The third-order valence-electron chi connectivity index (χ3n) is 7.03. The van der Waals surface area contributed by atoms with Gasteiger partial charge < -0.3 is 9.88 Å². The zero-order valence-electron chi connectivity index (χ0n) is 22.5. The van der Waals surface area contributed by atoms with Gasteiger partial charge in [-0.1, -0.05) is 63.2 Å². The van der Waals surface area contributed by atoms with Crippen LogP contribution in [-0.2, 0) is 12.5 Å². The molecule has 0 unspecified atom stereocenters. The van der Waals surface area contributed by atoms with Gasteiger partial charge in [0.25, 0.3) is 5.56 Å². The maximum atomic E-state index is 13.5. The van der Waals surface area contributed by atoms with Gasteiger partial charge in [0.1, 0.15) is 0 Å². The highest BCUT2D eigenvalue weighted by molar-refractivity contribution is 6.07. The third kappa shape index (κ3) is 4.79. The van der Waals surface area contributed by atoms with Crippen LogP contribution in [0, 0.1) is 6.92 Å². The fourth-order valence-corrected chi connectivity index (χ4v) is 4.81. The number of amides is 2. The molecule has 4 aromatic rings. The molecule has 1 aliphatic heterocycles. The van der Waals surface area contributed by atoms with E-state index in [0.717, 1.165) is 28.2 Å². The standard InChI is InChI=1S/C31H33N5O2/c1-21-25(26-20-34(5)29(37)28(33-26)32-23-10-7-6-8-11-23)12-9-13-27(21)36-19-18-35(30(36)38)24-16-14-22(15-17-24)31(2,3)4/h6-17,20H,18-19H2,1-5H3,(H,32,33). The van der Waals surface area contributed by atoms with Gasteiger partial charge in [0.2, 0.25) is 0 Å². The molecule has 38 heavy (non-hydrogen) atoms. The minimum atomic E-state index is -0.214. The predicted octanol–water partition coefficient (Wildman–Crippen LogP) is 6.24. The molecule has 1 saturated heterocycles. The third-order valence-corrected chi connectivity index (χ3v) is 7.03. The SMILES string of the molecule is Cc1c(-c2cn(C)c(=O)c(Nc3ccccc3)n2)cccc1N1CCN(c2ccc(C(C)(C)C)cc2)C1=O. The number of hydrogen-bond acceptors (Lipinski definition) is 4. The Labute approximate surface area is 223 Å². The van der Waals surface area contributed by atoms with Crippen LogP contribution in [0.2, 0.25) is 0 Å². The van der Waals surface area contributed by atoms with Crippen molar-refractivity contribution in [2.45, 2.75) is 33.1 Å². The van der Waals surface area contributed by atoms with E-state index in [4.69, 9.17) is 0 Å². The Kier molecular flexibility index (Phi) is 6.53. The molecule has 0 bridgehead atoms. The first-order valence-corrected chi connectivity index (χ1v) is 12.8. The molecular formula is C31H33N5O2. The van der Waals surface area contributed by atoms with E-state index in [1.54, 1.807) is 13.2 Å². The van der Waals surface area contributed by atoms with E-state index in [1.165, 1.54) is 10.1 Å². The number of urea groups is 1. The highest BCUT2D eigenvalue weighted by Crippen LogP contribution is 2.34. The molecule has 3 aromatic carbocycles. The van der Waals surface area contributed by atoms with Crippen molar-refractivity contribution < 1.29 is 4.79 Å². The van der Waals surface area contributed by atoms with E-state index in [9.17, 15) is 9.59 Å². The van der Waals surface area contributed by atoms with Crippen molar-refractivity contribution in [2.75, 3.05) is 28.2 Å². The fourth-order valence-electron chi connectivity index (χ4n) is 4.81. The number of aromatic nitrogens is 2. The molecular weight excluding hydrogens is 474 g/mol. The van der Waals surface area contributed by atoms with Crippen molar-refractivity contribution >= 4 is 28.9 Å². The van der Waals surface area contributed by atoms with Crippen LogP contribution in [0.1, 0.15) is 31.9 Å². The first-order valence-electron chi connectivity index (χ1n) is 12.8. The van der Waals surface area contributed by atoms with Crippen molar-refractivity contribution in [1.29, 1.82) is 0 Å². The fraction of sp³-hybridized carbons (Fsp3) is 0.258. The molecule has 1 fully saturated rings. The molecule has 0 atom stereocenters. The van der Waals surface area contributed by atoms with Crippen molar-refractivity contribution in [3.8, 4) is 11.3 Å². The van der Waals surface area contributed by atoms with Gasteiger partial charge in [-0.2, -0.15) is 0 Å². The Morgan fingerprint density at radius 2 is 1.53 bits per heavy atom. The van der Waals surface area contributed by atoms with Gasteiger partial charge in [0.15, 0.2) is 5.82 Å². The summed E-state index contributed by atoms with van der Waals surface area (Å²) in [6.45, 7) is 9.74. The molecule has 0 spiro atoms. The number of carbonyl (C=O) groups is 1. The summed E-state index contributed by atoms with van der Waals surface area (Å²) in [5.41, 5.74) is 6.07. The van der Waals surface area contributed by atoms with Crippen LogP contribution in [0.25, 0.3) is 11.3 Å². The molecule has 0 aliphatic carbocycles. The molecule has 2 heterocycles. The van der Waals surface area contributed by atoms with Crippen molar-refractivity contribution in [3.05, 3.63) is 100 Å². The maximum absolute atomic E-state index is 13.5. The molecule has 7 heteroatoms. The van der Waals surface area contributed by atoms with Crippen LogP contribution < -0.4 is 20.7 Å². The van der Waals surface area contributed by atoms with Gasteiger partial charge in [-0.3, -0.25) is 14.6 Å². The van der Waals surface area contributed by atoms with E-state index >= 15 is 0 Å². The second-order valence-corrected chi connectivity index (χ2v) is 10.7. The summed E-state index contributed by atoms with van der Waals surface area (Å²) in [6, 6.07) is 23.6. The summed E-state index contributed by atoms with van der Waals surface area (Å²) in [6.07, 6.45) is 1.74. The smallest absolute Gasteiger partial charge is 0.329 e. The van der Waals surface area contributed by atoms with Gasteiger partial charge >= 0.3 is 6.03 Å². The summed E-state index contributed by atoms with van der Waals surface area (Å²) < 4.78 is 1.53. The molecule has 1 aliphatic rings. The Morgan fingerprint density at radius 3 is 2.21 bits per heavy atom. The predicted molar refractivity (Wildman–Crippen MR) is 155 cm³/mol. The largest absolute Gasteiger partial charge is 0.336 e. The normalized spacial score (nSPS) is 13.8. The van der Waals surface area contributed by atoms with E-state index < -0.39 is 0 Å². The number of carbonyl (C=O) groups excluding carboxylic acids is 1. The van der Waals surface area contributed by atoms with Crippen LogP contribution >= 0.6 is 0 Å². The Hall–Kier alpha value is -4.39. The number of rotatable bonds is 5. The Morgan fingerprint density at radius 1 is 0.842 bits per heavy atom. The van der Waals surface area contributed by atoms with Crippen molar-refractivity contribution in [1.82, 2.24) is 9.55 Å². The number of nitrogens with zero attached hydrogens (tertiary/aromatic N) is 4. The van der Waals surface area contributed by atoms with Gasteiger partial charge in [-0.15, -0.1) is 0 Å². The van der Waals surface area contributed by atoms with Crippen LogP contribution in [0.4, 0.5) is 27.7 Å². The molecule has 1 N–H and O–H groups in total. The van der Waals surface area contributed by atoms with Gasteiger partial charge in [0, 0.05) is 49.0 Å².